The third-order valence-electron chi connectivity index (χ3n) is 4.92. The van der Waals surface area contributed by atoms with Crippen molar-refractivity contribution >= 4 is 5.91 Å². The normalized spacial score (nSPS) is 28.1. The number of rotatable bonds is 3. The molecule has 120 valence electrons. The number of likely N-dealkylation sites (tertiary alicyclic amines) is 1. The molecule has 0 unspecified atom stereocenters. The van der Waals surface area contributed by atoms with E-state index in [4.69, 9.17) is 0 Å². The fourth-order valence-electron chi connectivity index (χ4n) is 3.30. The number of H-pyrrole nitrogens is 1. The lowest BCUT2D eigenvalue weighted by Gasteiger charge is -2.26. The number of aromatic amines is 1. The number of carbonyl (C=O) groups is 1. The van der Waals surface area contributed by atoms with Gasteiger partial charge in [-0.15, -0.1) is 0 Å². The molecule has 3 rings (SSSR count). The summed E-state index contributed by atoms with van der Waals surface area (Å²) in [5.74, 6) is 0.119. The van der Waals surface area contributed by atoms with Gasteiger partial charge in [0.1, 0.15) is 6.54 Å². The van der Waals surface area contributed by atoms with Gasteiger partial charge in [-0.2, -0.15) is 0 Å². The van der Waals surface area contributed by atoms with E-state index in [0.717, 1.165) is 12.8 Å². The van der Waals surface area contributed by atoms with E-state index < -0.39 is 16.9 Å². The molecular weight excluding hydrogens is 286 g/mol. The molecule has 2 atom stereocenters. The SMILES string of the molecule is Cc1cn(CC(=O)N2C[C@@H](C)[C@](O)(C3CC3)C2)c(=O)[nH]c1=O. The van der Waals surface area contributed by atoms with Crippen molar-refractivity contribution in [2.75, 3.05) is 13.1 Å². The van der Waals surface area contributed by atoms with E-state index in [1.54, 1.807) is 11.8 Å². The molecule has 1 aliphatic carbocycles. The summed E-state index contributed by atoms with van der Waals surface area (Å²) in [5, 5.41) is 10.7. The molecule has 1 saturated heterocycles. The van der Waals surface area contributed by atoms with Gasteiger partial charge in [0.25, 0.3) is 5.56 Å². The molecule has 2 heterocycles. The highest BCUT2D eigenvalue weighted by molar-refractivity contribution is 5.76. The number of nitrogens with zero attached hydrogens (tertiary/aromatic N) is 2. The van der Waals surface area contributed by atoms with Crippen LogP contribution in [-0.4, -0.2) is 44.2 Å². The first kappa shape index (κ1) is 15.0. The maximum Gasteiger partial charge on any atom is 0.328 e. The van der Waals surface area contributed by atoms with Gasteiger partial charge in [0.05, 0.1) is 12.1 Å². The lowest BCUT2D eigenvalue weighted by Crippen LogP contribution is -2.42. The number of amides is 1. The highest BCUT2D eigenvalue weighted by Crippen LogP contribution is 2.46. The molecule has 1 aromatic heterocycles. The van der Waals surface area contributed by atoms with Gasteiger partial charge in [-0.25, -0.2) is 4.79 Å². The minimum Gasteiger partial charge on any atom is -0.387 e. The molecule has 0 radical (unpaired) electrons. The van der Waals surface area contributed by atoms with Gasteiger partial charge in [-0.05, 0) is 25.7 Å². The topological polar surface area (TPSA) is 95.4 Å². The third kappa shape index (κ3) is 2.49. The largest absolute Gasteiger partial charge is 0.387 e. The molecule has 2 fully saturated rings. The minimum atomic E-state index is -0.790. The number of hydrogen-bond acceptors (Lipinski definition) is 4. The summed E-state index contributed by atoms with van der Waals surface area (Å²) >= 11 is 0. The van der Waals surface area contributed by atoms with E-state index in [9.17, 15) is 19.5 Å². The van der Waals surface area contributed by atoms with E-state index in [-0.39, 0.29) is 18.4 Å². The Morgan fingerprint density at radius 1 is 1.45 bits per heavy atom. The Morgan fingerprint density at radius 2 is 2.14 bits per heavy atom. The molecule has 1 amide bonds. The van der Waals surface area contributed by atoms with Crippen molar-refractivity contribution in [1.82, 2.24) is 14.5 Å². The number of aryl methyl sites for hydroxylation is 1. The van der Waals surface area contributed by atoms with Crippen LogP contribution in [0.4, 0.5) is 0 Å². The molecular formula is C15H21N3O4. The van der Waals surface area contributed by atoms with Gasteiger partial charge < -0.3 is 10.0 Å². The zero-order valence-electron chi connectivity index (χ0n) is 12.8. The molecule has 22 heavy (non-hydrogen) atoms. The van der Waals surface area contributed by atoms with Crippen molar-refractivity contribution in [2.24, 2.45) is 11.8 Å². The van der Waals surface area contributed by atoms with Gasteiger partial charge >= 0.3 is 5.69 Å². The van der Waals surface area contributed by atoms with Crippen LogP contribution >= 0.6 is 0 Å². The van der Waals surface area contributed by atoms with Gasteiger partial charge in [-0.3, -0.25) is 19.1 Å². The number of hydrogen-bond donors (Lipinski definition) is 2. The van der Waals surface area contributed by atoms with E-state index in [1.165, 1.54) is 10.8 Å². The van der Waals surface area contributed by atoms with Crippen molar-refractivity contribution in [3.63, 3.8) is 0 Å². The molecule has 2 aliphatic rings. The van der Waals surface area contributed by atoms with Crippen molar-refractivity contribution in [2.45, 2.75) is 38.8 Å². The second kappa shape index (κ2) is 5.08. The Morgan fingerprint density at radius 3 is 2.77 bits per heavy atom. The van der Waals surface area contributed by atoms with Gasteiger partial charge in [0, 0.05) is 24.2 Å². The monoisotopic (exact) mass is 307 g/mol. The number of aliphatic hydroxyl groups is 1. The van der Waals surface area contributed by atoms with Crippen LogP contribution in [-0.2, 0) is 11.3 Å². The molecule has 0 spiro atoms. The van der Waals surface area contributed by atoms with Crippen molar-refractivity contribution in [1.29, 1.82) is 0 Å². The Bertz CT molecular complexity index is 718. The standard InChI is InChI=1S/C15H21N3O4/c1-9-5-17(14(21)16-13(9)20)7-12(19)18-6-10(2)15(22,8-18)11-3-4-11/h5,10-11,22H,3-4,6-8H2,1-2H3,(H,16,20,21)/t10-,15+/m1/s1. The number of β-amino-alcohol motifs (C(OH)–C–C–N with tert-alkyl or cyclic N) is 1. The third-order valence-corrected chi connectivity index (χ3v) is 4.92. The molecule has 0 aromatic carbocycles. The summed E-state index contributed by atoms with van der Waals surface area (Å²) < 4.78 is 1.21. The van der Waals surface area contributed by atoms with Crippen LogP contribution in [0.2, 0.25) is 0 Å². The van der Waals surface area contributed by atoms with Crippen molar-refractivity contribution in [3.05, 3.63) is 32.6 Å². The second-order valence-corrected chi connectivity index (χ2v) is 6.64. The second-order valence-electron chi connectivity index (χ2n) is 6.64. The van der Waals surface area contributed by atoms with E-state index >= 15 is 0 Å². The van der Waals surface area contributed by atoms with Crippen LogP contribution < -0.4 is 11.2 Å². The first-order valence-corrected chi connectivity index (χ1v) is 7.62. The minimum absolute atomic E-state index is 0.0398. The first-order chi connectivity index (χ1) is 10.3. The highest BCUT2D eigenvalue weighted by Gasteiger charge is 2.53. The quantitative estimate of drug-likeness (QED) is 0.784. The van der Waals surface area contributed by atoms with Gasteiger partial charge in [0.2, 0.25) is 5.91 Å². The summed E-state index contributed by atoms with van der Waals surface area (Å²) in [6, 6.07) is 0. The Labute approximate surface area is 127 Å². The summed E-state index contributed by atoms with van der Waals surface area (Å²) in [7, 11) is 0. The molecule has 0 bridgehead atoms. The molecule has 1 aromatic rings. The Balaban J connectivity index is 1.75. The molecule has 7 nitrogen and oxygen atoms in total. The molecule has 7 heteroatoms. The van der Waals surface area contributed by atoms with Crippen molar-refractivity contribution in [3.8, 4) is 0 Å². The van der Waals surface area contributed by atoms with Gasteiger partial charge in [-0.1, -0.05) is 6.92 Å². The average Bonchev–Trinajstić information content (AvgIpc) is 3.24. The van der Waals surface area contributed by atoms with Crippen LogP contribution in [0.25, 0.3) is 0 Å². The maximum atomic E-state index is 12.4. The van der Waals surface area contributed by atoms with Crippen LogP contribution in [0.5, 0.6) is 0 Å². The summed E-state index contributed by atoms with van der Waals surface area (Å²) in [5.41, 5.74) is -1.43. The maximum absolute atomic E-state index is 12.4. The van der Waals surface area contributed by atoms with E-state index in [1.807, 2.05) is 6.92 Å². The van der Waals surface area contributed by atoms with Gasteiger partial charge in [0.15, 0.2) is 0 Å². The van der Waals surface area contributed by atoms with Crippen LogP contribution in [0.15, 0.2) is 15.8 Å². The Kier molecular flexibility index (Phi) is 3.47. The molecule has 2 N–H and O–H groups in total. The summed E-state index contributed by atoms with van der Waals surface area (Å²) in [6.45, 7) is 4.26. The first-order valence-electron chi connectivity index (χ1n) is 7.62. The van der Waals surface area contributed by atoms with E-state index in [0.29, 0.717) is 24.6 Å². The van der Waals surface area contributed by atoms with Crippen LogP contribution in [0, 0.1) is 18.8 Å². The molecule has 1 aliphatic heterocycles. The lowest BCUT2D eigenvalue weighted by atomic mass is 9.88. The zero-order valence-corrected chi connectivity index (χ0v) is 12.8. The predicted molar refractivity (Wildman–Crippen MR) is 79.5 cm³/mol. The molecule has 1 saturated carbocycles. The van der Waals surface area contributed by atoms with Crippen LogP contribution in [0.1, 0.15) is 25.3 Å². The van der Waals surface area contributed by atoms with Crippen molar-refractivity contribution < 1.29 is 9.90 Å². The predicted octanol–water partition coefficient (Wildman–Crippen LogP) is -0.536. The summed E-state index contributed by atoms with van der Waals surface area (Å²) in [6.07, 6.45) is 3.43. The Hall–Kier alpha value is -1.89. The average molecular weight is 307 g/mol. The fraction of sp³-hybridized carbons (Fsp3) is 0.667. The number of aromatic nitrogens is 2. The smallest absolute Gasteiger partial charge is 0.328 e. The highest BCUT2D eigenvalue weighted by atomic mass is 16.3. The summed E-state index contributed by atoms with van der Waals surface area (Å²) in [4.78, 5) is 39.3. The number of carbonyl (C=O) groups excluding carboxylic acids is 1. The zero-order chi connectivity index (χ0) is 16.1. The van der Waals surface area contributed by atoms with Crippen LogP contribution in [0.3, 0.4) is 0 Å². The number of nitrogens with one attached hydrogen (secondary N) is 1. The lowest BCUT2D eigenvalue weighted by molar-refractivity contribution is -0.132. The fourth-order valence-corrected chi connectivity index (χ4v) is 3.30. The van der Waals surface area contributed by atoms with E-state index in [2.05, 4.69) is 4.98 Å².